The lowest BCUT2D eigenvalue weighted by atomic mass is 9.77. The predicted octanol–water partition coefficient (Wildman–Crippen LogP) is 9.64. The normalized spacial score (nSPS) is 17.3. The Morgan fingerprint density at radius 1 is 0.727 bits per heavy atom. The molecule has 0 saturated carbocycles. The van der Waals surface area contributed by atoms with Crippen molar-refractivity contribution in [2.75, 3.05) is 19.5 Å². The number of nitrogens with one attached hydrogen (secondary N) is 2. The Kier molecular flexibility index (Phi) is 12.7. The van der Waals surface area contributed by atoms with Gasteiger partial charge in [-0.15, -0.1) is 0 Å². The van der Waals surface area contributed by atoms with E-state index in [1.807, 2.05) is 159 Å². The van der Waals surface area contributed by atoms with Crippen LogP contribution in [0.25, 0.3) is 10.3 Å². The molecule has 1 aliphatic heterocycles. The van der Waals surface area contributed by atoms with E-state index in [1.54, 1.807) is 14.2 Å². The molecular weight excluding hydrogens is 849 g/mol. The van der Waals surface area contributed by atoms with Crippen molar-refractivity contribution < 1.29 is 24.1 Å². The van der Waals surface area contributed by atoms with Crippen molar-refractivity contribution in [2.45, 2.75) is 62.4 Å². The average molecular weight is 901 g/mol. The van der Waals surface area contributed by atoms with Crippen LogP contribution in [0.4, 0.5) is 5.95 Å². The molecule has 1 saturated heterocycles. The van der Waals surface area contributed by atoms with Crippen LogP contribution in [0.2, 0.25) is 0 Å². The van der Waals surface area contributed by atoms with Crippen LogP contribution in [-0.4, -0.2) is 52.2 Å². The predicted molar refractivity (Wildman–Crippen MR) is 259 cm³/mol. The molecule has 3 heterocycles. The summed E-state index contributed by atoms with van der Waals surface area (Å²) >= 11 is 0.813. The van der Waals surface area contributed by atoms with E-state index in [4.69, 9.17) is 23.9 Å². The van der Waals surface area contributed by atoms with Gasteiger partial charge in [0.25, 0.3) is 5.56 Å². The number of benzene rings is 6. The summed E-state index contributed by atoms with van der Waals surface area (Å²) < 4.78 is 27.1. The Hall–Kier alpha value is -6.83. The van der Waals surface area contributed by atoms with Gasteiger partial charge in [0.05, 0.1) is 32.5 Å². The highest BCUT2D eigenvalue weighted by atomic mass is 32.1. The summed E-state index contributed by atoms with van der Waals surface area (Å²) in [5.41, 5.74) is 2.74. The number of hydrogen-bond acceptors (Lipinski definition) is 10. The second-order valence-electron chi connectivity index (χ2n) is 16.5. The van der Waals surface area contributed by atoms with Gasteiger partial charge in [-0.3, -0.25) is 19.1 Å². The highest BCUT2D eigenvalue weighted by molar-refractivity contribution is 7.16. The van der Waals surface area contributed by atoms with Crippen LogP contribution < -0.4 is 25.2 Å². The van der Waals surface area contributed by atoms with Crippen LogP contribution in [0.15, 0.2) is 179 Å². The van der Waals surface area contributed by atoms with E-state index in [0.29, 0.717) is 24.3 Å². The lowest BCUT2D eigenvalue weighted by molar-refractivity contribution is -0.104. The molecule has 1 aliphatic rings. The molecule has 12 heteroatoms. The summed E-state index contributed by atoms with van der Waals surface area (Å²) in [6, 6.07) is 55.6. The molecule has 1 fully saturated rings. The molecule has 0 aliphatic carbocycles. The summed E-state index contributed by atoms with van der Waals surface area (Å²) in [5.74, 6) is 1.03. The van der Waals surface area contributed by atoms with E-state index in [2.05, 4.69) is 34.6 Å². The molecule has 5 atom stereocenters. The number of hydrogen-bond donors (Lipinski definition) is 3. The third-order valence-electron chi connectivity index (χ3n) is 12.8. The maximum atomic E-state index is 14.5. The lowest BCUT2D eigenvalue weighted by Gasteiger charge is -2.40. The molecule has 0 radical (unpaired) electrons. The minimum atomic E-state index is -1.13. The monoisotopic (exact) mass is 900 g/mol. The number of fused-ring (bicyclic) bond motifs is 1. The minimum Gasteiger partial charge on any atom is -0.497 e. The van der Waals surface area contributed by atoms with Crippen molar-refractivity contribution in [1.29, 1.82) is 0 Å². The summed E-state index contributed by atoms with van der Waals surface area (Å²) in [6.07, 6.45) is -2.24. The van der Waals surface area contributed by atoms with Gasteiger partial charge in [0.15, 0.2) is 5.65 Å². The number of aliphatic hydroxyl groups excluding tert-OH is 1. The number of ether oxygens (including phenoxy) is 4. The van der Waals surface area contributed by atoms with Gasteiger partial charge in [-0.05, 0) is 77.4 Å². The van der Waals surface area contributed by atoms with Crippen molar-refractivity contribution in [3.63, 3.8) is 0 Å². The van der Waals surface area contributed by atoms with Gasteiger partial charge in [0, 0.05) is 5.92 Å². The van der Waals surface area contributed by atoms with Crippen molar-refractivity contribution in [3.05, 3.63) is 223 Å². The zero-order chi connectivity index (χ0) is 45.8. The van der Waals surface area contributed by atoms with Crippen molar-refractivity contribution in [3.8, 4) is 11.5 Å². The quantitative estimate of drug-likeness (QED) is 0.0810. The molecule has 3 N–H and O–H groups in total. The van der Waals surface area contributed by atoms with E-state index in [-0.39, 0.29) is 16.3 Å². The summed E-state index contributed by atoms with van der Waals surface area (Å²) in [6.45, 7) is 3.89. The molecule has 2 unspecified atom stereocenters. The van der Waals surface area contributed by atoms with Gasteiger partial charge in [0.2, 0.25) is 5.95 Å². The Bertz CT molecular complexity index is 2900. The Balaban J connectivity index is 1.19. The first-order valence-corrected chi connectivity index (χ1v) is 23.0. The third kappa shape index (κ3) is 8.11. The first kappa shape index (κ1) is 44.4. The topological polar surface area (TPSA) is 137 Å². The summed E-state index contributed by atoms with van der Waals surface area (Å²) in [5, 5.41) is 15.1. The molecular formula is C54H52N4O7S. The van der Waals surface area contributed by atoms with Crippen molar-refractivity contribution >= 4 is 27.6 Å². The SMILES string of the molecule is CCC(O)[C@@H]1C[C@@H](C(C)OC(c2ccccc2)(c2ccccc2)c2ccc(OC)cc2)[C@H](n2c(=O)sc3c(=O)[nH]c(NC(c4ccccc4)(c4ccccc4)c4ccc(OC)cc4)nc32)O1. The second-order valence-corrected chi connectivity index (χ2v) is 17.5. The van der Waals surface area contributed by atoms with Gasteiger partial charge in [-0.25, -0.2) is 0 Å². The second kappa shape index (κ2) is 18.9. The molecule has 0 amide bonds. The fraction of sp³-hybridized carbons (Fsp3) is 0.241. The smallest absolute Gasteiger partial charge is 0.311 e. The number of rotatable bonds is 16. The number of aromatic nitrogens is 3. The van der Waals surface area contributed by atoms with E-state index in [1.165, 1.54) is 4.57 Å². The third-order valence-corrected chi connectivity index (χ3v) is 13.8. The van der Waals surface area contributed by atoms with E-state index in [9.17, 15) is 14.7 Å². The molecule has 2 aromatic heterocycles. The lowest BCUT2D eigenvalue weighted by Crippen LogP contribution is -2.40. The number of methoxy groups -OCH3 is 2. The molecule has 6 aromatic carbocycles. The zero-order valence-electron chi connectivity index (χ0n) is 37.2. The molecule has 9 rings (SSSR count). The number of aromatic amines is 1. The van der Waals surface area contributed by atoms with Gasteiger partial charge < -0.3 is 29.4 Å². The van der Waals surface area contributed by atoms with Crippen LogP contribution in [0.1, 0.15) is 66.3 Å². The highest BCUT2D eigenvalue weighted by Crippen LogP contribution is 2.47. The largest absolute Gasteiger partial charge is 0.497 e. The maximum absolute atomic E-state index is 14.5. The Morgan fingerprint density at radius 2 is 1.18 bits per heavy atom. The van der Waals surface area contributed by atoms with Gasteiger partial charge in [-0.2, -0.15) is 4.98 Å². The van der Waals surface area contributed by atoms with E-state index >= 15 is 0 Å². The zero-order valence-corrected chi connectivity index (χ0v) is 38.0. The van der Waals surface area contributed by atoms with Crippen LogP contribution in [0.5, 0.6) is 11.5 Å². The highest BCUT2D eigenvalue weighted by Gasteiger charge is 2.48. The fourth-order valence-electron chi connectivity index (χ4n) is 9.47. The number of nitrogens with zero attached hydrogens (tertiary/aromatic N) is 2. The minimum absolute atomic E-state index is 0.137. The number of aliphatic hydroxyl groups is 1. The molecule has 8 aromatic rings. The molecule has 336 valence electrons. The van der Waals surface area contributed by atoms with Crippen molar-refractivity contribution in [2.24, 2.45) is 5.92 Å². The standard InChI is InChI=1S/C54H52N4O7S/c1-5-45(59)46-34-44(35(2)65-54(39-22-14-8-15-23-39,40-24-16-9-17-25-40)41-28-32-43(63-4)33-29-41)50(64-46)58-48-47(66-52(58)61)49(60)56-51(55-48)57-53(36-18-10-6-11-19-36,37-20-12-7-13-21-37)38-26-30-42(62-3)31-27-38/h6-33,35,44-46,50,59H,5,34H2,1-4H3,(H2,55,56,57,60)/t35?,44-,45?,46-,50+/m0/s1. The Morgan fingerprint density at radius 3 is 1.67 bits per heavy atom. The summed E-state index contributed by atoms with van der Waals surface area (Å²) in [4.78, 5) is 36.4. The first-order valence-electron chi connectivity index (χ1n) is 22.2. The van der Waals surface area contributed by atoms with Crippen LogP contribution in [0.3, 0.4) is 0 Å². The maximum Gasteiger partial charge on any atom is 0.311 e. The summed E-state index contributed by atoms with van der Waals surface area (Å²) in [7, 11) is 3.26. The van der Waals surface area contributed by atoms with Crippen molar-refractivity contribution in [1.82, 2.24) is 14.5 Å². The first-order chi connectivity index (χ1) is 32.2. The van der Waals surface area contributed by atoms with Gasteiger partial charge in [-0.1, -0.05) is 164 Å². The number of H-pyrrole nitrogens is 1. The number of anilines is 1. The molecule has 0 bridgehead atoms. The van der Waals surface area contributed by atoms with Gasteiger partial charge >= 0.3 is 4.87 Å². The van der Waals surface area contributed by atoms with E-state index in [0.717, 1.165) is 44.7 Å². The Labute approximate surface area is 387 Å². The molecule has 11 nitrogen and oxygen atoms in total. The molecule has 66 heavy (non-hydrogen) atoms. The molecule has 0 spiro atoms. The average Bonchev–Trinajstić information content (AvgIpc) is 3.96. The van der Waals surface area contributed by atoms with Gasteiger partial charge in [0.1, 0.15) is 33.6 Å². The fourth-order valence-corrected chi connectivity index (χ4v) is 10.3. The van der Waals surface area contributed by atoms with E-state index < -0.39 is 52.0 Å². The van der Waals surface area contributed by atoms with Crippen LogP contribution >= 0.6 is 11.3 Å². The van der Waals surface area contributed by atoms with Crippen LogP contribution in [-0.2, 0) is 20.6 Å². The number of thiazole rings is 1. The van der Waals surface area contributed by atoms with Crippen LogP contribution in [0, 0.1) is 5.92 Å².